The van der Waals surface area contributed by atoms with E-state index in [-0.39, 0.29) is 5.91 Å². The number of nitrogens with one attached hydrogen (secondary N) is 1. The Hall–Kier alpha value is -0.220. The van der Waals surface area contributed by atoms with Crippen LogP contribution in [0.3, 0.4) is 0 Å². The fourth-order valence-electron chi connectivity index (χ4n) is 1.17. The van der Waals surface area contributed by atoms with Crippen molar-refractivity contribution in [2.75, 3.05) is 18.6 Å². The summed E-state index contributed by atoms with van der Waals surface area (Å²) in [6, 6.07) is 0. The van der Waals surface area contributed by atoms with Gasteiger partial charge in [0.05, 0.1) is 5.54 Å². The van der Waals surface area contributed by atoms with Crippen LogP contribution in [0.15, 0.2) is 0 Å². The fraction of sp³-hybridized carbons (Fsp3) is 0.900. The second-order valence-corrected chi connectivity index (χ2v) is 4.45. The zero-order chi connectivity index (χ0) is 11.0. The van der Waals surface area contributed by atoms with E-state index >= 15 is 0 Å². The van der Waals surface area contributed by atoms with Gasteiger partial charge in [0.25, 0.3) is 0 Å². The number of carbonyl (C=O) groups excluding carboxylic acids is 1. The molecule has 0 radical (unpaired) electrons. The van der Waals surface area contributed by atoms with Crippen LogP contribution in [-0.4, -0.2) is 30.0 Å². The van der Waals surface area contributed by atoms with Gasteiger partial charge in [-0.25, -0.2) is 0 Å². The Kier molecular flexibility index (Phi) is 7.01. The van der Waals surface area contributed by atoms with Crippen LogP contribution in [0.4, 0.5) is 0 Å². The molecule has 0 rings (SSSR count). The first kappa shape index (κ1) is 13.8. The summed E-state index contributed by atoms with van der Waals surface area (Å²) in [6.07, 6.45) is 4.46. The highest BCUT2D eigenvalue weighted by Gasteiger charge is 2.29. The molecule has 84 valence electrons. The predicted molar refractivity (Wildman–Crippen MR) is 63.5 cm³/mol. The van der Waals surface area contributed by atoms with E-state index in [0.29, 0.717) is 12.8 Å². The van der Waals surface area contributed by atoms with Crippen LogP contribution in [0, 0.1) is 0 Å². The zero-order valence-electron chi connectivity index (χ0n) is 9.43. The second kappa shape index (κ2) is 7.12. The Morgan fingerprint density at radius 2 is 2.00 bits per heavy atom. The number of carbonyl (C=O) groups is 1. The van der Waals surface area contributed by atoms with Crippen molar-refractivity contribution in [2.45, 2.75) is 38.6 Å². The number of thioether (sulfide) groups is 1. The summed E-state index contributed by atoms with van der Waals surface area (Å²) in [4.78, 5) is 11.6. The van der Waals surface area contributed by atoms with Gasteiger partial charge in [0.15, 0.2) is 0 Å². The minimum Gasteiger partial charge on any atom is -0.354 e. The van der Waals surface area contributed by atoms with E-state index in [1.54, 1.807) is 11.8 Å². The molecule has 0 aromatic heterocycles. The first-order chi connectivity index (χ1) is 6.60. The highest BCUT2D eigenvalue weighted by Crippen LogP contribution is 2.10. The summed E-state index contributed by atoms with van der Waals surface area (Å²) in [5, 5.41) is 2.88. The highest BCUT2D eigenvalue weighted by molar-refractivity contribution is 7.98. The van der Waals surface area contributed by atoms with Gasteiger partial charge in [-0.1, -0.05) is 13.8 Å². The zero-order valence-corrected chi connectivity index (χ0v) is 10.2. The number of nitrogens with two attached hydrogens (primary N) is 1. The number of hydrogen-bond acceptors (Lipinski definition) is 3. The van der Waals surface area contributed by atoms with Crippen LogP contribution in [-0.2, 0) is 4.79 Å². The molecule has 0 aliphatic heterocycles. The van der Waals surface area contributed by atoms with E-state index in [1.165, 1.54) is 0 Å². The van der Waals surface area contributed by atoms with Gasteiger partial charge in [0.2, 0.25) is 5.91 Å². The standard InChI is InChI=1S/C10H22N2OS/c1-4-10(11,5-2)9(13)12-7-6-8-14-3/h4-8,11H2,1-3H3,(H,12,13). The largest absolute Gasteiger partial charge is 0.354 e. The van der Waals surface area contributed by atoms with Crippen molar-refractivity contribution in [2.24, 2.45) is 5.73 Å². The molecule has 0 atom stereocenters. The van der Waals surface area contributed by atoms with E-state index in [1.807, 2.05) is 13.8 Å². The minimum absolute atomic E-state index is 0.0106. The normalized spacial score (nSPS) is 11.4. The maximum absolute atomic E-state index is 11.6. The van der Waals surface area contributed by atoms with Gasteiger partial charge in [0, 0.05) is 6.54 Å². The molecule has 0 saturated heterocycles. The van der Waals surface area contributed by atoms with Crippen molar-refractivity contribution < 1.29 is 4.79 Å². The Bertz CT molecular complexity index is 170. The summed E-state index contributed by atoms with van der Waals surface area (Å²) < 4.78 is 0. The minimum atomic E-state index is -0.667. The number of amides is 1. The first-order valence-corrected chi connectivity index (χ1v) is 6.56. The van der Waals surface area contributed by atoms with Crippen molar-refractivity contribution in [1.29, 1.82) is 0 Å². The topological polar surface area (TPSA) is 55.1 Å². The van der Waals surface area contributed by atoms with Crippen molar-refractivity contribution in [1.82, 2.24) is 5.32 Å². The molecule has 1 amide bonds. The van der Waals surface area contributed by atoms with Crippen LogP contribution in [0.1, 0.15) is 33.1 Å². The molecule has 0 spiro atoms. The average molecular weight is 218 g/mol. The SMILES string of the molecule is CCC(N)(CC)C(=O)NCCCSC. The molecular formula is C10H22N2OS. The van der Waals surface area contributed by atoms with E-state index in [0.717, 1.165) is 18.7 Å². The summed E-state index contributed by atoms with van der Waals surface area (Å²) in [6.45, 7) is 4.63. The Balaban J connectivity index is 3.82. The van der Waals surface area contributed by atoms with Crippen LogP contribution in [0.2, 0.25) is 0 Å². The molecule has 0 bridgehead atoms. The molecule has 0 fully saturated rings. The lowest BCUT2D eigenvalue weighted by Gasteiger charge is -2.25. The van der Waals surface area contributed by atoms with Crippen LogP contribution < -0.4 is 11.1 Å². The molecule has 0 aliphatic carbocycles. The van der Waals surface area contributed by atoms with Gasteiger partial charge in [-0.3, -0.25) is 4.79 Å². The third-order valence-corrected chi connectivity index (χ3v) is 3.22. The van der Waals surface area contributed by atoms with Crippen molar-refractivity contribution in [3.63, 3.8) is 0 Å². The Morgan fingerprint density at radius 3 is 2.43 bits per heavy atom. The smallest absolute Gasteiger partial charge is 0.240 e. The molecule has 3 nitrogen and oxygen atoms in total. The van der Waals surface area contributed by atoms with Gasteiger partial charge >= 0.3 is 0 Å². The van der Waals surface area contributed by atoms with Crippen molar-refractivity contribution in [3.8, 4) is 0 Å². The first-order valence-electron chi connectivity index (χ1n) is 5.16. The maximum atomic E-state index is 11.6. The lowest BCUT2D eigenvalue weighted by atomic mass is 9.93. The summed E-state index contributed by atoms with van der Waals surface area (Å²) in [7, 11) is 0. The van der Waals surface area contributed by atoms with E-state index in [4.69, 9.17) is 5.73 Å². The van der Waals surface area contributed by atoms with Gasteiger partial charge in [-0.2, -0.15) is 11.8 Å². The monoisotopic (exact) mass is 218 g/mol. The predicted octanol–water partition coefficient (Wildman–Crippen LogP) is 1.37. The third-order valence-electron chi connectivity index (χ3n) is 2.52. The van der Waals surface area contributed by atoms with Gasteiger partial charge in [-0.15, -0.1) is 0 Å². The molecule has 0 unspecified atom stereocenters. The van der Waals surface area contributed by atoms with E-state index < -0.39 is 5.54 Å². The second-order valence-electron chi connectivity index (χ2n) is 3.47. The summed E-state index contributed by atoms with van der Waals surface area (Å²) in [5.74, 6) is 1.07. The van der Waals surface area contributed by atoms with Gasteiger partial charge < -0.3 is 11.1 Å². The third kappa shape index (κ3) is 4.33. The lowest BCUT2D eigenvalue weighted by molar-refractivity contribution is -0.126. The molecule has 0 aromatic carbocycles. The average Bonchev–Trinajstić information content (AvgIpc) is 2.22. The molecular weight excluding hydrogens is 196 g/mol. The number of rotatable bonds is 7. The van der Waals surface area contributed by atoms with E-state index in [9.17, 15) is 4.79 Å². The van der Waals surface area contributed by atoms with Crippen molar-refractivity contribution in [3.05, 3.63) is 0 Å². The van der Waals surface area contributed by atoms with Gasteiger partial charge in [0.1, 0.15) is 0 Å². The van der Waals surface area contributed by atoms with E-state index in [2.05, 4.69) is 11.6 Å². The molecule has 0 aromatic rings. The molecule has 14 heavy (non-hydrogen) atoms. The molecule has 0 saturated carbocycles. The van der Waals surface area contributed by atoms with Crippen LogP contribution in [0.5, 0.6) is 0 Å². The molecule has 4 heteroatoms. The molecule has 0 heterocycles. The summed E-state index contributed by atoms with van der Waals surface area (Å²) >= 11 is 1.79. The summed E-state index contributed by atoms with van der Waals surface area (Å²) in [5.41, 5.74) is 5.27. The van der Waals surface area contributed by atoms with Crippen LogP contribution >= 0.6 is 11.8 Å². The van der Waals surface area contributed by atoms with Gasteiger partial charge in [-0.05, 0) is 31.3 Å². The maximum Gasteiger partial charge on any atom is 0.240 e. The quantitative estimate of drug-likeness (QED) is 0.635. The Morgan fingerprint density at radius 1 is 1.43 bits per heavy atom. The highest BCUT2D eigenvalue weighted by atomic mass is 32.2. The fourth-order valence-corrected chi connectivity index (χ4v) is 1.60. The number of hydrogen-bond donors (Lipinski definition) is 2. The lowest BCUT2D eigenvalue weighted by Crippen LogP contribution is -2.53. The van der Waals surface area contributed by atoms with Crippen molar-refractivity contribution >= 4 is 17.7 Å². The molecule has 0 aliphatic rings. The Labute approximate surface area is 91.2 Å². The molecule has 3 N–H and O–H groups in total. The van der Waals surface area contributed by atoms with Crippen LogP contribution in [0.25, 0.3) is 0 Å².